The Hall–Kier alpha value is -1.85. The molecule has 0 radical (unpaired) electrons. The molecule has 0 aliphatic carbocycles. The van der Waals surface area contributed by atoms with E-state index in [4.69, 9.17) is 16.3 Å². The van der Waals surface area contributed by atoms with Crippen molar-refractivity contribution in [1.82, 2.24) is 5.43 Å². The van der Waals surface area contributed by atoms with Crippen LogP contribution in [0.5, 0.6) is 5.75 Å². The molecule has 0 unspecified atom stereocenters. The number of nitrogens with one attached hydrogen (secondary N) is 1. The summed E-state index contributed by atoms with van der Waals surface area (Å²) in [5, 5.41) is 4.54. The van der Waals surface area contributed by atoms with Gasteiger partial charge in [0.25, 0.3) is 5.91 Å². The Kier molecular flexibility index (Phi) is 6.82. The van der Waals surface area contributed by atoms with Crippen molar-refractivity contribution in [2.24, 2.45) is 5.10 Å². The Morgan fingerprint density at radius 2 is 2.00 bits per heavy atom. The van der Waals surface area contributed by atoms with E-state index in [9.17, 15) is 4.79 Å². The molecule has 0 aliphatic rings. The molecule has 6 heteroatoms. The lowest BCUT2D eigenvalue weighted by Crippen LogP contribution is -2.24. The molecule has 0 aliphatic heterocycles. The number of hydrazone groups is 1. The van der Waals surface area contributed by atoms with E-state index in [1.165, 1.54) is 5.56 Å². The van der Waals surface area contributed by atoms with Gasteiger partial charge < -0.3 is 4.74 Å². The van der Waals surface area contributed by atoms with Crippen LogP contribution >= 0.6 is 27.5 Å². The van der Waals surface area contributed by atoms with Gasteiger partial charge in [-0.05, 0) is 57.2 Å². The van der Waals surface area contributed by atoms with Crippen molar-refractivity contribution in [3.8, 4) is 5.75 Å². The first kappa shape index (κ1) is 18.5. The van der Waals surface area contributed by atoms with Gasteiger partial charge in [0.2, 0.25) is 0 Å². The van der Waals surface area contributed by atoms with Gasteiger partial charge in [-0.2, -0.15) is 5.10 Å². The molecule has 24 heavy (non-hydrogen) atoms. The summed E-state index contributed by atoms with van der Waals surface area (Å²) in [5.41, 5.74) is 4.46. The van der Waals surface area contributed by atoms with Gasteiger partial charge >= 0.3 is 0 Å². The molecule has 0 aromatic heterocycles. The van der Waals surface area contributed by atoms with Crippen molar-refractivity contribution in [2.75, 3.05) is 6.61 Å². The molecular weight excluding hydrogens is 392 g/mol. The second-order valence-electron chi connectivity index (χ2n) is 5.48. The zero-order chi connectivity index (χ0) is 17.5. The quantitative estimate of drug-likeness (QED) is 0.552. The minimum Gasteiger partial charge on any atom is -0.483 e. The first-order valence-electron chi connectivity index (χ1n) is 7.45. The molecule has 0 spiro atoms. The number of nitrogens with zero attached hydrogens (tertiary/aromatic N) is 1. The molecule has 0 saturated heterocycles. The van der Waals surface area contributed by atoms with E-state index < -0.39 is 0 Å². The molecule has 1 amide bonds. The Bertz CT molecular complexity index is 730. The molecule has 0 bridgehead atoms. The molecule has 0 atom stereocenters. The van der Waals surface area contributed by atoms with E-state index in [-0.39, 0.29) is 12.5 Å². The third-order valence-electron chi connectivity index (χ3n) is 3.25. The number of benzene rings is 2. The highest BCUT2D eigenvalue weighted by Crippen LogP contribution is 2.28. The fourth-order valence-corrected chi connectivity index (χ4v) is 2.53. The number of carbonyl (C=O) groups excluding carboxylic acids is 1. The average molecular weight is 410 g/mol. The summed E-state index contributed by atoms with van der Waals surface area (Å²) in [7, 11) is 0. The third-order valence-corrected chi connectivity index (χ3v) is 4.13. The van der Waals surface area contributed by atoms with E-state index in [1.807, 2.05) is 30.3 Å². The Morgan fingerprint density at radius 3 is 2.62 bits per heavy atom. The number of hydrogen-bond acceptors (Lipinski definition) is 3. The lowest BCUT2D eigenvalue weighted by molar-refractivity contribution is -0.123. The monoisotopic (exact) mass is 408 g/mol. The Labute approximate surface area is 155 Å². The zero-order valence-corrected chi connectivity index (χ0v) is 15.8. The van der Waals surface area contributed by atoms with Crippen LogP contribution in [0.4, 0.5) is 0 Å². The SMILES string of the molecule is CC(C)c1ccc(OCC(=O)N/N=C/c2ccc(Cl)cc2)c(Br)c1. The second kappa shape index (κ2) is 8.85. The minimum absolute atomic E-state index is 0.114. The first-order chi connectivity index (χ1) is 11.5. The number of amides is 1. The van der Waals surface area contributed by atoms with E-state index in [0.29, 0.717) is 16.7 Å². The predicted octanol–water partition coefficient (Wildman–Crippen LogP) is 4.76. The van der Waals surface area contributed by atoms with Crippen molar-refractivity contribution in [2.45, 2.75) is 19.8 Å². The summed E-state index contributed by atoms with van der Waals surface area (Å²) < 4.78 is 6.33. The largest absolute Gasteiger partial charge is 0.483 e. The summed E-state index contributed by atoms with van der Waals surface area (Å²) in [6, 6.07) is 13.0. The molecule has 0 fully saturated rings. The Balaban J connectivity index is 1.84. The summed E-state index contributed by atoms with van der Waals surface area (Å²) in [5.74, 6) is 0.720. The number of carbonyl (C=O) groups is 1. The van der Waals surface area contributed by atoms with Gasteiger partial charge in [-0.3, -0.25) is 4.79 Å². The van der Waals surface area contributed by atoms with Crippen LogP contribution in [0.2, 0.25) is 5.02 Å². The normalized spacial score (nSPS) is 11.0. The first-order valence-corrected chi connectivity index (χ1v) is 8.62. The van der Waals surface area contributed by atoms with Gasteiger partial charge in [-0.1, -0.05) is 43.6 Å². The maximum atomic E-state index is 11.8. The molecule has 2 rings (SSSR count). The molecule has 126 valence electrons. The highest BCUT2D eigenvalue weighted by atomic mass is 79.9. The Morgan fingerprint density at radius 1 is 1.29 bits per heavy atom. The second-order valence-corrected chi connectivity index (χ2v) is 6.77. The molecule has 2 aromatic carbocycles. The van der Waals surface area contributed by atoms with Crippen LogP contribution in [0.1, 0.15) is 30.9 Å². The van der Waals surface area contributed by atoms with Gasteiger partial charge in [-0.15, -0.1) is 0 Å². The van der Waals surface area contributed by atoms with Gasteiger partial charge in [0, 0.05) is 5.02 Å². The number of halogens is 2. The van der Waals surface area contributed by atoms with Crippen molar-refractivity contribution in [3.05, 3.63) is 63.1 Å². The summed E-state index contributed by atoms with van der Waals surface area (Å²) >= 11 is 9.26. The predicted molar refractivity (Wildman–Crippen MR) is 101 cm³/mol. The highest BCUT2D eigenvalue weighted by molar-refractivity contribution is 9.10. The fraction of sp³-hybridized carbons (Fsp3) is 0.222. The summed E-state index contributed by atoms with van der Waals surface area (Å²) in [6.45, 7) is 4.13. The van der Waals surface area contributed by atoms with Crippen molar-refractivity contribution >= 4 is 39.7 Å². The maximum absolute atomic E-state index is 11.8. The number of rotatable bonds is 6. The zero-order valence-electron chi connectivity index (χ0n) is 13.4. The van der Waals surface area contributed by atoms with E-state index in [2.05, 4.69) is 40.3 Å². The fourth-order valence-electron chi connectivity index (χ4n) is 1.90. The van der Waals surface area contributed by atoms with E-state index in [1.54, 1.807) is 18.3 Å². The van der Waals surface area contributed by atoms with E-state index in [0.717, 1.165) is 10.0 Å². The smallest absolute Gasteiger partial charge is 0.277 e. The van der Waals surface area contributed by atoms with Crippen LogP contribution in [0.25, 0.3) is 0 Å². The van der Waals surface area contributed by atoms with Gasteiger partial charge in [-0.25, -0.2) is 5.43 Å². The minimum atomic E-state index is -0.333. The molecular formula is C18H18BrClN2O2. The molecule has 0 saturated carbocycles. The lowest BCUT2D eigenvalue weighted by Gasteiger charge is -2.10. The van der Waals surface area contributed by atoms with Crippen LogP contribution in [0, 0.1) is 0 Å². The molecule has 4 nitrogen and oxygen atoms in total. The van der Waals surface area contributed by atoms with Crippen LogP contribution in [0.15, 0.2) is 52.0 Å². The van der Waals surface area contributed by atoms with Crippen LogP contribution < -0.4 is 10.2 Å². The van der Waals surface area contributed by atoms with Crippen LogP contribution in [-0.4, -0.2) is 18.7 Å². The summed E-state index contributed by atoms with van der Waals surface area (Å²) in [4.78, 5) is 11.8. The highest BCUT2D eigenvalue weighted by Gasteiger charge is 2.07. The average Bonchev–Trinajstić information content (AvgIpc) is 2.55. The maximum Gasteiger partial charge on any atom is 0.277 e. The molecule has 1 N–H and O–H groups in total. The van der Waals surface area contributed by atoms with Gasteiger partial charge in [0.1, 0.15) is 5.75 Å². The molecule has 2 aromatic rings. The van der Waals surface area contributed by atoms with Gasteiger partial charge in [0.15, 0.2) is 6.61 Å². The third kappa shape index (κ3) is 5.65. The van der Waals surface area contributed by atoms with Crippen LogP contribution in [0.3, 0.4) is 0 Å². The van der Waals surface area contributed by atoms with E-state index >= 15 is 0 Å². The summed E-state index contributed by atoms with van der Waals surface area (Å²) in [6.07, 6.45) is 1.54. The van der Waals surface area contributed by atoms with Crippen LogP contribution in [-0.2, 0) is 4.79 Å². The number of hydrogen-bond donors (Lipinski definition) is 1. The number of ether oxygens (including phenoxy) is 1. The molecule has 0 heterocycles. The lowest BCUT2D eigenvalue weighted by atomic mass is 10.0. The van der Waals surface area contributed by atoms with Crippen molar-refractivity contribution < 1.29 is 9.53 Å². The topological polar surface area (TPSA) is 50.7 Å². The van der Waals surface area contributed by atoms with Crippen molar-refractivity contribution in [3.63, 3.8) is 0 Å². The standard InChI is InChI=1S/C18H18BrClN2O2/c1-12(2)14-5-8-17(16(19)9-14)24-11-18(23)22-21-10-13-3-6-15(20)7-4-13/h3-10,12H,11H2,1-2H3,(H,22,23)/b21-10+. The van der Waals surface area contributed by atoms with Crippen molar-refractivity contribution in [1.29, 1.82) is 0 Å². The van der Waals surface area contributed by atoms with Gasteiger partial charge in [0.05, 0.1) is 10.7 Å².